The molecule has 0 aliphatic carbocycles. The molecule has 0 spiro atoms. The Kier molecular flexibility index (Phi) is 4.61. The normalized spacial score (nSPS) is 12.4. The quantitative estimate of drug-likeness (QED) is 0.919. The minimum atomic E-state index is 0.254. The van der Waals surface area contributed by atoms with Gasteiger partial charge in [0.05, 0.1) is 17.3 Å². The van der Waals surface area contributed by atoms with E-state index in [-0.39, 0.29) is 6.04 Å². The first kappa shape index (κ1) is 14.1. The summed E-state index contributed by atoms with van der Waals surface area (Å²) in [7, 11) is 3.59. The number of halogens is 1. The number of nitrogens with one attached hydrogen (secondary N) is 1. The Morgan fingerprint density at radius 3 is 2.79 bits per heavy atom. The third-order valence-electron chi connectivity index (χ3n) is 3.03. The Morgan fingerprint density at radius 2 is 2.21 bits per heavy atom. The molecule has 0 bridgehead atoms. The molecular formula is C14H18BrN3O. The molecule has 19 heavy (non-hydrogen) atoms. The van der Waals surface area contributed by atoms with Crippen LogP contribution in [0.3, 0.4) is 0 Å². The molecule has 0 radical (unpaired) electrons. The van der Waals surface area contributed by atoms with Crippen LogP contribution in [0.25, 0.3) is 0 Å². The number of nitrogens with zero attached hydrogens (tertiary/aromatic N) is 2. The Labute approximate surface area is 121 Å². The van der Waals surface area contributed by atoms with Gasteiger partial charge in [-0.25, -0.2) is 0 Å². The van der Waals surface area contributed by atoms with Crippen LogP contribution in [0.4, 0.5) is 0 Å². The highest BCUT2D eigenvalue weighted by molar-refractivity contribution is 9.10. The van der Waals surface area contributed by atoms with Gasteiger partial charge in [0.2, 0.25) is 0 Å². The third-order valence-corrected chi connectivity index (χ3v) is 3.65. The molecule has 0 saturated carbocycles. The van der Waals surface area contributed by atoms with Gasteiger partial charge in [-0.1, -0.05) is 6.07 Å². The van der Waals surface area contributed by atoms with E-state index in [1.807, 2.05) is 30.1 Å². The number of ether oxygens (including phenoxy) is 1. The number of aryl methyl sites for hydroxylation is 1. The van der Waals surface area contributed by atoms with Crippen molar-refractivity contribution in [2.24, 2.45) is 7.05 Å². The van der Waals surface area contributed by atoms with E-state index >= 15 is 0 Å². The summed E-state index contributed by atoms with van der Waals surface area (Å²) in [6, 6.07) is 8.39. The average molecular weight is 324 g/mol. The number of rotatable bonds is 5. The summed E-state index contributed by atoms with van der Waals surface area (Å²) >= 11 is 3.51. The largest absolute Gasteiger partial charge is 0.496 e. The predicted molar refractivity (Wildman–Crippen MR) is 79.2 cm³/mol. The monoisotopic (exact) mass is 323 g/mol. The fourth-order valence-electron chi connectivity index (χ4n) is 1.88. The standard InChI is InChI=1S/C14H18BrN3O/c1-10(16-9-12-6-7-18(2)17-12)11-4-5-14(19-3)13(15)8-11/h4-8,10,16H,9H2,1-3H3. The van der Waals surface area contributed by atoms with Crippen molar-refractivity contribution in [2.75, 3.05) is 7.11 Å². The molecule has 1 aromatic carbocycles. The summed E-state index contributed by atoms with van der Waals surface area (Å²) in [5.74, 6) is 0.848. The van der Waals surface area contributed by atoms with E-state index in [0.717, 1.165) is 22.5 Å². The van der Waals surface area contributed by atoms with E-state index in [1.165, 1.54) is 5.56 Å². The molecule has 0 saturated heterocycles. The molecule has 1 unspecified atom stereocenters. The third kappa shape index (κ3) is 3.58. The summed E-state index contributed by atoms with van der Waals surface area (Å²) in [5, 5.41) is 7.80. The first-order chi connectivity index (χ1) is 9.10. The van der Waals surface area contributed by atoms with Crippen LogP contribution < -0.4 is 10.1 Å². The van der Waals surface area contributed by atoms with E-state index in [9.17, 15) is 0 Å². The van der Waals surface area contributed by atoms with Gasteiger partial charge in [0.15, 0.2) is 0 Å². The second kappa shape index (κ2) is 6.21. The van der Waals surface area contributed by atoms with E-state index in [2.05, 4.69) is 45.4 Å². The molecule has 0 fully saturated rings. The fourth-order valence-corrected chi connectivity index (χ4v) is 2.44. The van der Waals surface area contributed by atoms with Crippen molar-refractivity contribution in [1.29, 1.82) is 0 Å². The highest BCUT2D eigenvalue weighted by Gasteiger charge is 2.08. The zero-order valence-electron chi connectivity index (χ0n) is 11.4. The van der Waals surface area contributed by atoms with E-state index in [4.69, 9.17) is 4.74 Å². The van der Waals surface area contributed by atoms with Crippen molar-refractivity contribution in [3.05, 3.63) is 46.2 Å². The lowest BCUT2D eigenvalue weighted by Crippen LogP contribution is -2.18. The molecule has 2 aromatic rings. The van der Waals surface area contributed by atoms with Gasteiger partial charge < -0.3 is 10.1 Å². The molecule has 4 nitrogen and oxygen atoms in total. The molecule has 0 amide bonds. The van der Waals surface area contributed by atoms with E-state index in [1.54, 1.807) is 7.11 Å². The molecule has 1 N–H and O–H groups in total. The lowest BCUT2D eigenvalue weighted by molar-refractivity contribution is 0.411. The van der Waals surface area contributed by atoms with Gasteiger partial charge in [-0.15, -0.1) is 0 Å². The maximum atomic E-state index is 5.23. The van der Waals surface area contributed by atoms with Gasteiger partial charge in [-0.3, -0.25) is 4.68 Å². The molecule has 102 valence electrons. The fraction of sp³-hybridized carbons (Fsp3) is 0.357. The van der Waals surface area contributed by atoms with Crippen LogP contribution in [0.5, 0.6) is 5.75 Å². The SMILES string of the molecule is COc1ccc(C(C)NCc2ccn(C)n2)cc1Br. The van der Waals surface area contributed by atoms with Crippen LogP contribution in [0.1, 0.15) is 24.2 Å². The first-order valence-corrected chi connectivity index (χ1v) is 6.95. The maximum Gasteiger partial charge on any atom is 0.133 e. The number of methoxy groups -OCH3 is 1. The van der Waals surface area contributed by atoms with Gasteiger partial charge in [-0.2, -0.15) is 5.10 Å². The van der Waals surface area contributed by atoms with Crippen molar-refractivity contribution >= 4 is 15.9 Å². The number of hydrogen-bond acceptors (Lipinski definition) is 3. The first-order valence-electron chi connectivity index (χ1n) is 6.15. The highest BCUT2D eigenvalue weighted by atomic mass is 79.9. The van der Waals surface area contributed by atoms with E-state index in [0.29, 0.717) is 0 Å². The molecule has 2 rings (SSSR count). The van der Waals surface area contributed by atoms with Crippen molar-refractivity contribution in [2.45, 2.75) is 19.5 Å². The van der Waals surface area contributed by atoms with Crippen LogP contribution >= 0.6 is 15.9 Å². The average Bonchev–Trinajstić information content (AvgIpc) is 2.81. The molecule has 1 aromatic heterocycles. The Hall–Kier alpha value is -1.33. The molecule has 5 heteroatoms. The summed E-state index contributed by atoms with van der Waals surface area (Å²) in [6.45, 7) is 2.89. The van der Waals surface area contributed by atoms with Crippen molar-refractivity contribution in [1.82, 2.24) is 15.1 Å². The zero-order chi connectivity index (χ0) is 13.8. The van der Waals surface area contributed by atoms with E-state index < -0.39 is 0 Å². The Bertz CT molecular complexity index is 553. The van der Waals surface area contributed by atoms with Crippen molar-refractivity contribution in [3.8, 4) is 5.75 Å². The molecule has 0 aliphatic heterocycles. The van der Waals surface area contributed by atoms with Gasteiger partial charge in [0, 0.05) is 25.8 Å². The van der Waals surface area contributed by atoms with Crippen molar-refractivity contribution < 1.29 is 4.74 Å². The molecule has 0 aliphatic rings. The summed E-state index contributed by atoms with van der Waals surface area (Å²) < 4.78 is 8.01. The number of hydrogen-bond donors (Lipinski definition) is 1. The van der Waals surface area contributed by atoms with Gasteiger partial charge >= 0.3 is 0 Å². The van der Waals surface area contributed by atoms with Crippen LogP contribution in [0, 0.1) is 0 Å². The maximum absolute atomic E-state index is 5.23. The van der Waals surface area contributed by atoms with Crippen LogP contribution in [0.15, 0.2) is 34.9 Å². The van der Waals surface area contributed by atoms with Crippen molar-refractivity contribution in [3.63, 3.8) is 0 Å². The molecular weight excluding hydrogens is 306 g/mol. The van der Waals surface area contributed by atoms with Crippen LogP contribution in [-0.2, 0) is 13.6 Å². The minimum absolute atomic E-state index is 0.254. The summed E-state index contributed by atoms with van der Waals surface area (Å²) in [5.41, 5.74) is 2.26. The van der Waals surface area contributed by atoms with Gasteiger partial charge in [0.25, 0.3) is 0 Å². The molecule has 1 atom stereocenters. The topological polar surface area (TPSA) is 39.1 Å². The summed E-state index contributed by atoms with van der Waals surface area (Å²) in [6.07, 6.45) is 1.95. The lowest BCUT2D eigenvalue weighted by atomic mass is 10.1. The van der Waals surface area contributed by atoms with Crippen LogP contribution in [-0.4, -0.2) is 16.9 Å². The Morgan fingerprint density at radius 1 is 1.42 bits per heavy atom. The molecule has 1 heterocycles. The minimum Gasteiger partial charge on any atom is -0.496 e. The predicted octanol–water partition coefficient (Wildman–Crippen LogP) is 3.04. The van der Waals surface area contributed by atoms with Crippen LogP contribution in [0.2, 0.25) is 0 Å². The number of aromatic nitrogens is 2. The summed E-state index contributed by atoms with van der Waals surface area (Å²) in [4.78, 5) is 0. The Balaban J connectivity index is 1.99. The second-order valence-electron chi connectivity index (χ2n) is 4.48. The highest BCUT2D eigenvalue weighted by Crippen LogP contribution is 2.27. The lowest BCUT2D eigenvalue weighted by Gasteiger charge is -2.14. The number of benzene rings is 1. The second-order valence-corrected chi connectivity index (χ2v) is 5.33. The van der Waals surface area contributed by atoms with Gasteiger partial charge in [0.1, 0.15) is 5.75 Å². The smallest absolute Gasteiger partial charge is 0.133 e. The zero-order valence-corrected chi connectivity index (χ0v) is 12.9. The van der Waals surface area contributed by atoms with Gasteiger partial charge in [-0.05, 0) is 46.6 Å².